The molecule has 0 aromatic heterocycles. The number of nitrogens with zero attached hydrogens (tertiary/aromatic N) is 1. The first-order valence-corrected chi connectivity index (χ1v) is 7.31. The third-order valence-electron chi connectivity index (χ3n) is 2.88. The summed E-state index contributed by atoms with van der Waals surface area (Å²) in [6, 6.07) is 10.8. The van der Waals surface area contributed by atoms with Gasteiger partial charge in [0, 0.05) is 11.9 Å². The van der Waals surface area contributed by atoms with E-state index in [1.165, 1.54) is 37.9 Å². The van der Waals surface area contributed by atoms with Gasteiger partial charge in [-0.25, -0.2) is 0 Å². The molecule has 0 fully saturated rings. The molecule has 0 heterocycles. The SMILES string of the molecule is CCN(CCBr)CCCCc1ccccc1. The first-order chi connectivity index (χ1) is 7.86. The van der Waals surface area contributed by atoms with Crippen molar-refractivity contribution in [3.05, 3.63) is 35.9 Å². The van der Waals surface area contributed by atoms with Gasteiger partial charge in [-0.3, -0.25) is 0 Å². The number of benzene rings is 1. The fraction of sp³-hybridized carbons (Fsp3) is 0.571. The molecule has 0 atom stereocenters. The molecule has 0 aliphatic rings. The summed E-state index contributed by atoms with van der Waals surface area (Å²) in [5.41, 5.74) is 1.46. The molecule has 0 bridgehead atoms. The summed E-state index contributed by atoms with van der Waals surface area (Å²) in [7, 11) is 0. The van der Waals surface area contributed by atoms with Crippen LogP contribution >= 0.6 is 15.9 Å². The molecule has 0 radical (unpaired) electrons. The average molecular weight is 284 g/mol. The first-order valence-electron chi connectivity index (χ1n) is 6.19. The Balaban J connectivity index is 2.11. The number of alkyl halides is 1. The zero-order chi connectivity index (χ0) is 11.6. The van der Waals surface area contributed by atoms with Gasteiger partial charge in [0.25, 0.3) is 0 Å². The third kappa shape index (κ3) is 5.66. The molecule has 0 unspecified atom stereocenters. The van der Waals surface area contributed by atoms with Crippen LogP contribution in [0.3, 0.4) is 0 Å². The van der Waals surface area contributed by atoms with Gasteiger partial charge in [-0.2, -0.15) is 0 Å². The number of hydrogen-bond acceptors (Lipinski definition) is 1. The Morgan fingerprint density at radius 2 is 1.81 bits per heavy atom. The fourth-order valence-corrected chi connectivity index (χ4v) is 2.36. The van der Waals surface area contributed by atoms with Crippen molar-refractivity contribution in [3.8, 4) is 0 Å². The Morgan fingerprint density at radius 1 is 1.06 bits per heavy atom. The lowest BCUT2D eigenvalue weighted by Crippen LogP contribution is -2.26. The Morgan fingerprint density at radius 3 is 2.44 bits per heavy atom. The minimum absolute atomic E-state index is 1.08. The molecule has 1 rings (SSSR count). The van der Waals surface area contributed by atoms with Gasteiger partial charge >= 0.3 is 0 Å². The number of halogens is 1. The molecule has 90 valence electrons. The molecule has 0 aliphatic carbocycles. The molecule has 0 saturated carbocycles. The van der Waals surface area contributed by atoms with Crippen LogP contribution in [0.5, 0.6) is 0 Å². The van der Waals surface area contributed by atoms with E-state index in [0.29, 0.717) is 0 Å². The minimum atomic E-state index is 1.08. The van der Waals surface area contributed by atoms with Gasteiger partial charge in [-0.05, 0) is 37.9 Å². The maximum absolute atomic E-state index is 3.49. The fourth-order valence-electron chi connectivity index (χ4n) is 1.86. The summed E-state index contributed by atoms with van der Waals surface area (Å²) in [5, 5.41) is 1.08. The van der Waals surface area contributed by atoms with Crippen molar-refractivity contribution < 1.29 is 0 Å². The number of unbranched alkanes of at least 4 members (excludes halogenated alkanes) is 1. The lowest BCUT2D eigenvalue weighted by atomic mass is 10.1. The Kier molecular flexibility index (Phi) is 7.52. The normalized spacial score (nSPS) is 10.9. The molecule has 0 aliphatic heterocycles. The van der Waals surface area contributed by atoms with Crippen LogP contribution in [0, 0.1) is 0 Å². The predicted octanol–water partition coefficient (Wildman–Crippen LogP) is 3.73. The highest BCUT2D eigenvalue weighted by molar-refractivity contribution is 9.09. The molecule has 16 heavy (non-hydrogen) atoms. The van der Waals surface area contributed by atoms with Crippen molar-refractivity contribution in [2.45, 2.75) is 26.2 Å². The standard InChI is InChI=1S/C14H22BrN/c1-2-16(13-11-15)12-7-6-10-14-8-4-3-5-9-14/h3-5,8-9H,2,6-7,10-13H2,1H3. The monoisotopic (exact) mass is 283 g/mol. The second-order valence-corrected chi connectivity index (χ2v) is 4.86. The summed E-state index contributed by atoms with van der Waals surface area (Å²) < 4.78 is 0. The van der Waals surface area contributed by atoms with E-state index in [1.54, 1.807) is 0 Å². The van der Waals surface area contributed by atoms with Crippen LogP contribution < -0.4 is 0 Å². The number of hydrogen-bond donors (Lipinski definition) is 0. The molecule has 0 amide bonds. The van der Waals surface area contributed by atoms with Gasteiger partial charge in [0.2, 0.25) is 0 Å². The summed E-state index contributed by atoms with van der Waals surface area (Å²) in [6.45, 7) is 5.80. The van der Waals surface area contributed by atoms with E-state index < -0.39 is 0 Å². The van der Waals surface area contributed by atoms with E-state index in [9.17, 15) is 0 Å². The average Bonchev–Trinajstić information content (AvgIpc) is 2.34. The first kappa shape index (κ1) is 13.7. The topological polar surface area (TPSA) is 3.24 Å². The molecular formula is C14H22BrN. The smallest absolute Gasteiger partial charge is 0.0159 e. The molecule has 1 aromatic rings. The molecule has 1 nitrogen and oxygen atoms in total. The van der Waals surface area contributed by atoms with E-state index in [2.05, 4.69) is 58.1 Å². The lowest BCUT2D eigenvalue weighted by molar-refractivity contribution is 0.300. The maximum atomic E-state index is 3.49. The Labute approximate surface area is 108 Å². The largest absolute Gasteiger partial charge is 0.303 e. The van der Waals surface area contributed by atoms with Crippen LogP contribution in [-0.4, -0.2) is 29.9 Å². The molecular weight excluding hydrogens is 262 g/mol. The molecule has 0 saturated heterocycles. The van der Waals surface area contributed by atoms with Crippen LogP contribution in [0.25, 0.3) is 0 Å². The van der Waals surface area contributed by atoms with Crippen LogP contribution in [0.1, 0.15) is 25.3 Å². The van der Waals surface area contributed by atoms with E-state index in [4.69, 9.17) is 0 Å². The van der Waals surface area contributed by atoms with Crippen LogP contribution in [0.15, 0.2) is 30.3 Å². The summed E-state index contributed by atoms with van der Waals surface area (Å²) >= 11 is 3.49. The van der Waals surface area contributed by atoms with Gasteiger partial charge in [0.15, 0.2) is 0 Å². The van der Waals surface area contributed by atoms with Gasteiger partial charge in [-0.15, -0.1) is 0 Å². The second kappa shape index (κ2) is 8.77. The summed E-state index contributed by atoms with van der Waals surface area (Å²) in [5.74, 6) is 0. The van der Waals surface area contributed by atoms with Crippen LogP contribution in [0.2, 0.25) is 0 Å². The van der Waals surface area contributed by atoms with E-state index in [1.807, 2.05) is 0 Å². The minimum Gasteiger partial charge on any atom is -0.303 e. The molecule has 2 heteroatoms. The van der Waals surface area contributed by atoms with Gasteiger partial charge in [0.1, 0.15) is 0 Å². The Hall–Kier alpha value is -0.340. The zero-order valence-corrected chi connectivity index (χ0v) is 11.7. The molecule has 0 spiro atoms. The van der Waals surface area contributed by atoms with Crippen LogP contribution in [0.4, 0.5) is 0 Å². The zero-order valence-electron chi connectivity index (χ0n) is 10.2. The quantitative estimate of drug-likeness (QED) is 0.519. The predicted molar refractivity (Wildman–Crippen MR) is 75.3 cm³/mol. The van der Waals surface area contributed by atoms with E-state index in [0.717, 1.165) is 11.9 Å². The summed E-state index contributed by atoms with van der Waals surface area (Å²) in [6.07, 6.45) is 3.81. The van der Waals surface area contributed by atoms with E-state index >= 15 is 0 Å². The molecule has 0 N–H and O–H groups in total. The van der Waals surface area contributed by atoms with Crippen molar-refractivity contribution in [1.29, 1.82) is 0 Å². The van der Waals surface area contributed by atoms with Crippen molar-refractivity contribution in [2.24, 2.45) is 0 Å². The summed E-state index contributed by atoms with van der Waals surface area (Å²) in [4.78, 5) is 2.50. The Bertz CT molecular complexity index is 261. The molecule has 1 aromatic carbocycles. The third-order valence-corrected chi connectivity index (χ3v) is 3.24. The van der Waals surface area contributed by atoms with Crippen molar-refractivity contribution >= 4 is 15.9 Å². The number of rotatable bonds is 8. The van der Waals surface area contributed by atoms with Crippen LogP contribution in [-0.2, 0) is 6.42 Å². The maximum Gasteiger partial charge on any atom is 0.0159 e. The van der Waals surface area contributed by atoms with Crippen molar-refractivity contribution in [1.82, 2.24) is 4.90 Å². The van der Waals surface area contributed by atoms with Gasteiger partial charge in [0.05, 0.1) is 0 Å². The van der Waals surface area contributed by atoms with Crippen molar-refractivity contribution in [3.63, 3.8) is 0 Å². The van der Waals surface area contributed by atoms with Gasteiger partial charge in [-0.1, -0.05) is 53.2 Å². The van der Waals surface area contributed by atoms with E-state index in [-0.39, 0.29) is 0 Å². The van der Waals surface area contributed by atoms with Crippen molar-refractivity contribution in [2.75, 3.05) is 25.0 Å². The number of aryl methyl sites for hydroxylation is 1. The highest BCUT2D eigenvalue weighted by Crippen LogP contribution is 2.05. The lowest BCUT2D eigenvalue weighted by Gasteiger charge is -2.18. The highest BCUT2D eigenvalue weighted by Gasteiger charge is 2.00. The van der Waals surface area contributed by atoms with Gasteiger partial charge < -0.3 is 4.90 Å². The second-order valence-electron chi connectivity index (χ2n) is 4.07. The highest BCUT2D eigenvalue weighted by atomic mass is 79.9.